The Bertz CT molecular complexity index is 1220. The summed E-state index contributed by atoms with van der Waals surface area (Å²) in [5, 5.41) is 9.06. The molecule has 0 saturated carbocycles. The minimum Gasteiger partial charge on any atom is -0.352 e. The van der Waals surface area contributed by atoms with Crippen molar-refractivity contribution in [2.45, 2.75) is 13.5 Å². The van der Waals surface area contributed by atoms with Crippen LogP contribution in [0.4, 0.5) is 11.6 Å². The Balaban J connectivity index is 1.33. The summed E-state index contributed by atoms with van der Waals surface area (Å²) < 4.78 is 3.35. The van der Waals surface area contributed by atoms with E-state index in [1.54, 1.807) is 24.5 Å². The molecule has 0 atom stereocenters. The maximum atomic E-state index is 12.3. The first-order chi connectivity index (χ1) is 14.7. The molecule has 0 N–H and O–H groups in total. The van der Waals surface area contributed by atoms with Crippen LogP contribution in [0.25, 0.3) is 5.52 Å². The highest BCUT2D eigenvalue weighted by Crippen LogP contribution is 2.22. The summed E-state index contributed by atoms with van der Waals surface area (Å²) in [5.41, 5.74) is 2.67. The van der Waals surface area contributed by atoms with Gasteiger partial charge >= 0.3 is 0 Å². The van der Waals surface area contributed by atoms with Crippen LogP contribution < -0.4 is 15.4 Å². The van der Waals surface area contributed by atoms with Gasteiger partial charge in [0.25, 0.3) is 5.56 Å². The predicted octanol–water partition coefficient (Wildman–Crippen LogP) is 1.36. The van der Waals surface area contributed by atoms with Gasteiger partial charge in [0.15, 0.2) is 5.82 Å². The number of hydrogen-bond acceptors (Lipinski definition) is 7. The van der Waals surface area contributed by atoms with E-state index in [2.05, 4.69) is 36.0 Å². The van der Waals surface area contributed by atoms with Crippen LogP contribution in [0, 0.1) is 6.92 Å². The number of aromatic nitrogens is 6. The van der Waals surface area contributed by atoms with Gasteiger partial charge in [0.05, 0.1) is 17.9 Å². The van der Waals surface area contributed by atoms with Crippen molar-refractivity contribution in [2.75, 3.05) is 36.0 Å². The molecule has 1 aliphatic rings. The number of pyridine rings is 1. The van der Waals surface area contributed by atoms with Gasteiger partial charge in [-0.05, 0) is 31.2 Å². The molecule has 1 aliphatic heterocycles. The molecule has 9 heteroatoms. The summed E-state index contributed by atoms with van der Waals surface area (Å²) in [6, 6.07) is 11.1. The quantitative estimate of drug-likeness (QED) is 0.510. The van der Waals surface area contributed by atoms with Gasteiger partial charge in [0.1, 0.15) is 11.3 Å². The molecule has 30 heavy (non-hydrogen) atoms. The number of anilines is 2. The lowest BCUT2D eigenvalue weighted by Gasteiger charge is -2.36. The lowest BCUT2D eigenvalue weighted by molar-refractivity contribution is 0.595. The fourth-order valence-electron chi connectivity index (χ4n) is 3.79. The van der Waals surface area contributed by atoms with Crippen molar-refractivity contribution in [1.82, 2.24) is 29.4 Å². The minimum absolute atomic E-state index is 0.130. The summed E-state index contributed by atoms with van der Waals surface area (Å²) in [5.74, 6) is 1.75. The van der Waals surface area contributed by atoms with Crippen LogP contribution >= 0.6 is 0 Å². The molecular formula is C21H22N8O. The zero-order chi connectivity index (χ0) is 20.5. The van der Waals surface area contributed by atoms with Crippen molar-refractivity contribution in [2.24, 2.45) is 0 Å². The zero-order valence-electron chi connectivity index (χ0n) is 16.7. The number of hydrogen-bond donors (Lipinski definition) is 0. The van der Waals surface area contributed by atoms with Crippen LogP contribution in [-0.2, 0) is 6.54 Å². The largest absolute Gasteiger partial charge is 0.352 e. The summed E-state index contributed by atoms with van der Waals surface area (Å²) in [4.78, 5) is 25.6. The molecule has 9 nitrogen and oxygen atoms in total. The standard InChI is InChI=1S/C21H22N8O/c1-16-14-18-21(23-8-9-28(18)24-16)27-12-10-26(11-13-27)19-5-6-20(30)29(25-19)15-17-4-2-3-7-22-17/h2-9,14H,10-13,15H2,1H3. The minimum atomic E-state index is -0.130. The van der Waals surface area contributed by atoms with Crippen molar-refractivity contribution in [3.8, 4) is 0 Å². The van der Waals surface area contributed by atoms with E-state index in [0.29, 0.717) is 6.54 Å². The number of aryl methyl sites for hydroxylation is 1. The fourth-order valence-corrected chi connectivity index (χ4v) is 3.79. The van der Waals surface area contributed by atoms with Crippen LogP contribution in [-0.4, -0.2) is 55.5 Å². The highest BCUT2D eigenvalue weighted by molar-refractivity contribution is 5.69. The summed E-state index contributed by atoms with van der Waals surface area (Å²) >= 11 is 0. The smallest absolute Gasteiger partial charge is 0.267 e. The Labute approximate surface area is 173 Å². The lowest BCUT2D eigenvalue weighted by atomic mass is 10.3. The van der Waals surface area contributed by atoms with Crippen LogP contribution in [0.5, 0.6) is 0 Å². The summed E-state index contributed by atoms with van der Waals surface area (Å²) in [7, 11) is 0. The van der Waals surface area contributed by atoms with Gasteiger partial charge in [-0.1, -0.05) is 6.07 Å². The Kier molecular flexibility index (Phi) is 4.62. The Morgan fingerprint density at radius 1 is 0.933 bits per heavy atom. The SMILES string of the molecule is Cc1cc2c(N3CCN(c4ccc(=O)n(Cc5ccccn5)n4)CC3)nccn2n1. The first-order valence-corrected chi connectivity index (χ1v) is 9.96. The molecule has 0 radical (unpaired) electrons. The van der Waals surface area contributed by atoms with Gasteiger partial charge in [-0.25, -0.2) is 14.2 Å². The van der Waals surface area contributed by atoms with E-state index in [0.717, 1.165) is 54.7 Å². The predicted molar refractivity (Wildman–Crippen MR) is 114 cm³/mol. The Morgan fingerprint density at radius 2 is 1.77 bits per heavy atom. The number of piperazine rings is 1. The molecule has 5 heterocycles. The van der Waals surface area contributed by atoms with E-state index in [1.165, 1.54) is 4.68 Å². The Morgan fingerprint density at radius 3 is 2.57 bits per heavy atom. The van der Waals surface area contributed by atoms with Crippen molar-refractivity contribution in [3.05, 3.63) is 76.7 Å². The molecule has 152 valence electrons. The molecule has 0 aliphatic carbocycles. The third kappa shape index (κ3) is 3.49. The third-order valence-corrected chi connectivity index (χ3v) is 5.29. The molecule has 1 saturated heterocycles. The topological polar surface area (TPSA) is 84.5 Å². The highest BCUT2D eigenvalue weighted by Gasteiger charge is 2.22. The van der Waals surface area contributed by atoms with Crippen molar-refractivity contribution >= 4 is 17.2 Å². The van der Waals surface area contributed by atoms with Gasteiger partial charge in [0, 0.05) is 50.8 Å². The number of fused-ring (bicyclic) bond motifs is 1. The van der Waals surface area contributed by atoms with Crippen LogP contribution in [0.1, 0.15) is 11.4 Å². The van der Waals surface area contributed by atoms with Crippen LogP contribution in [0.15, 0.2) is 59.8 Å². The zero-order valence-corrected chi connectivity index (χ0v) is 16.7. The van der Waals surface area contributed by atoms with Crippen molar-refractivity contribution in [1.29, 1.82) is 0 Å². The molecule has 0 amide bonds. The normalized spacial score (nSPS) is 14.4. The van der Waals surface area contributed by atoms with Crippen LogP contribution in [0.2, 0.25) is 0 Å². The molecule has 0 aromatic carbocycles. The van der Waals surface area contributed by atoms with Gasteiger partial charge in [-0.15, -0.1) is 0 Å². The molecule has 5 rings (SSSR count). The van der Waals surface area contributed by atoms with E-state index in [4.69, 9.17) is 0 Å². The molecule has 1 fully saturated rings. The van der Waals surface area contributed by atoms with Crippen molar-refractivity contribution < 1.29 is 0 Å². The first-order valence-electron chi connectivity index (χ1n) is 9.96. The van der Waals surface area contributed by atoms with Gasteiger partial charge in [-0.3, -0.25) is 9.78 Å². The second kappa shape index (κ2) is 7.58. The second-order valence-corrected chi connectivity index (χ2v) is 7.35. The fraction of sp³-hybridized carbons (Fsp3) is 0.286. The lowest BCUT2D eigenvalue weighted by Crippen LogP contribution is -2.47. The molecule has 0 unspecified atom stereocenters. The van der Waals surface area contributed by atoms with Crippen molar-refractivity contribution in [3.63, 3.8) is 0 Å². The average Bonchev–Trinajstić information content (AvgIpc) is 3.16. The molecule has 0 bridgehead atoms. The molecule has 4 aromatic rings. The van der Waals surface area contributed by atoms with E-state index < -0.39 is 0 Å². The van der Waals surface area contributed by atoms with Gasteiger partial charge in [0.2, 0.25) is 0 Å². The maximum Gasteiger partial charge on any atom is 0.267 e. The average molecular weight is 402 g/mol. The highest BCUT2D eigenvalue weighted by atomic mass is 16.1. The van der Waals surface area contributed by atoms with Gasteiger partial charge in [-0.2, -0.15) is 10.2 Å². The Hall–Kier alpha value is -3.75. The third-order valence-electron chi connectivity index (χ3n) is 5.29. The first kappa shape index (κ1) is 18.3. The number of rotatable bonds is 4. The van der Waals surface area contributed by atoms with E-state index >= 15 is 0 Å². The molecular weight excluding hydrogens is 380 g/mol. The van der Waals surface area contributed by atoms with Gasteiger partial charge < -0.3 is 9.80 Å². The summed E-state index contributed by atoms with van der Waals surface area (Å²) in [6.07, 6.45) is 5.38. The second-order valence-electron chi connectivity index (χ2n) is 7.35. The maximum absolute atomic E-state index is 12.3. The number of nitrogens with zero attached hydrogens (tertiary/aromatic N) is 8. The molecule has 0 spiro atoms. The molecule has 4 aromatic heterocycles. The van der Waals surface area contributed by atoms with E-state index in [-0.39, 0.29) is 5.56 Å². The summed E-state index contributed by atoms with van der Waals surface area (Å²) in [6.45, 7) is 5.57. The van der Waals surface area contributed by atoms with E-state index in [1.807, 2.05) is 35.8 Å². The van der Waals surface area contributed by atoms with Crippen LogP contribution in [0.3, 0.4) is 0 Å². The monoisotopic (exact) mass is 402 g/mol. The van der Waals surface area contributed by atoms with E-state index in [9.17, 15) is 4.79 Å².